The van der Waals surface area contributed by atoms with E-state index in [0.29, 0.717) is 11.3 Å². The Kier molecular flexibility index (Phi) is 6.20. The summed E-state index contributed by atoms with van der Waals surface area (Å²) < 4.78 is 20.5. The van der Waals surface area contributed by atoms with E-state index in [1.54, 1.807) is 10.6 Å². The van der Waals surface area contributed by atoms with Crippen molar-refractivity contribution >= 4 is 23.2 Å². The zero-order valence-corrected chi connectivity index (χ0v) is 17.0. The van der Waals surface area contributed by atoms with Crippen molar-refractivity contribution in [1.29, 1.82) is 0 Å². The van der Waals surface area contributed by atoms with Crippen LogP contribution in [0.3, 0.4) is 0 Å². The van der Waals surface area contributed by atoms with Gasteiger partial charge in [0.1, 0.15) is 5.82 Å². The lowest BCUT2D eigenvalue weighted by Gasteiger charge is -2.17. The summed E-state index contributed by atoms with van der Waals surface area (Å²) in [6.07, 6.45) is 1.51. The molecule has 0 fully saturated rings. The van der Waals surface area contributed by atoms with Crippen LogP contribution in [-0.4, -0.2) is 21.8 Å². The van der Waals surface area contributed by atoms with Crippen LogP contribution in [0.1, 0.15) is 22.3 Å². The molecule has 2 N–H and O–H groups in total. The molecule has 0 saturated heterocycles. The third-order valence-corrected chi connectivity index (χ3v) is 4.78. The van der Waals surface area contributed by atoms with Crippen molar-refractivity contribution in [3.05, 3.63) is 80.0 Å². The first kappa shape index (κ1) is 20.8. The van der Waals surface area contributed by atoms with Crippen LogP contribution in [0, 0.1) is 19.7 Å². The summed E-state index contributed by atoms with van der Waals surface area (Å²) in [5.74, 6) is -0.133. The van der Waals surface area contributed by atoms with Gasteiger partial charge in [-0.3, -0.25) is 4.79 Å². The molecule has 0 saturated carbocycles. The number of ether oxygens (including phenoxy) is 1. The Bertz CT molecular complexity index is 1090. The summed E-state index contributed by atoms with van der Waals surface area (Å²) in [5.41, 5.74) is 3.41. The van der Waals surface area contributed by atoms with Crippen molar-refractivity contribution in [3.63, 3.8) is 0 Å². The van der Waals surface area contributed by atoms with E-state index in [4.69, 9.17) is 16.3 Å². The number of aromatic nitrogens is 2. The van der Waals surface area contributed by atoms with Gasteiger partial charge in [0.05, 0.1) is 26.5 Å². The number of methoxy groups -OCH3 is 1. The number of anilines is 2. The molecular formula is C21H21ClFN3O3. The van der Waals surface area contributed by atoms with Crippen molar-refractivity contribution in [2.75, 3.05) is 12.4 Å². The first-order chi connectivity index (χ1) is 13.8. The van der Waals surface area contributed by atoms with E-state index in [-0.39, 0.29) is 29.9 Å². The fraction of sp³-hybridized carbons (Fsp3) is 0.238. The van der Waals surface area contributed by atoms with Crippen LogP contribution < -0.4 is 15.6 Å². The maximum Gasteiger partial charge on any atom is 0.316 e. The maximum atomic E-state index is 13.7. The Labute approximate surface area is 172 Å². The van der Waals surface area contributed by atoms with Gasteiger partial charge in [-0.1, -0.05) is 17.7 Å². The number of aliphatic hydroxyl groups excluding tert-OH is 1. The molecule has 0 amide bonds. The minimum absolute atomic E-state index is 0.0646. The number of rotatable bonds is 6. The lowest BCUT2D eigenvalue weighted by Crippen LogP contribution is -2.19. The molecule has 6 nitrogen and oxygen atoms in total. The zero-order chi connectivity index (χ0) is 21.1. The second kappa shape index (κ2) is 8.63. The summed E-state index contributed by atoms with van der Waals surface area (Å²) >= 11 is 5.96. The zero-order valence-electron chi connectivity index (χ0n) is 16.3. The predicted molar refractivity (Wildman–Crippen MR) is 111 cm³/mol. The Morgan fingerprint density at radius 1 is 1.21 bits per heavy atom. The average molecular weight is 418 g/mol. The summed E-state index contributed by atoms with van der Waals surface area (Å²) in [6, 6.07) is 7.97. The maximum absolute atomic E-state index is 13.7. The summed E-state index contributed by atoms with van der Waals surface area (Å²) in [4.78, 5) is 16.3. The van der Waals surface area contributed by atoms with E-state index >= 15 is 0 Å². The number of nitrogens with zero attached hydrogens (tertiary/aromatic N) is 2. The molecule has 0 aliphatic rings. The molecule has 152 valence electrons. The Morgan fingerprint density at radius 2 is 1.97 bits per heavy atom. The second-order valence-electron chi connectivity index (χ2n) is 6.72. The number of hydrogen-bond acceptors (Lipinski definition) is 5. The molecule has 0 aliphatic carbocycles. The van der Waals surface area contributed by atoms with Crippen LogP contribution in [0.25, 0.3) is 0 Å². The molecule has 2 aromatic carbocycles. The summed E-state index contributed by atoms with van der Waals surface area (Å²) in [5, 5.41) is 13.0. The molecule has 0 bridgehead atoms. The highest BCUT2D eigenvalue weighted by Crippen LogP contribution is 2.25. The Hall–Kier alpha value is -2.90. The number of aryl methyl sites for hydroxylation is 2. The van der Waals surface area contributed by atoms with Gasteiger partial charge < -0.3 is 19.7 Å². The van der Waals surface area contributed by atoms with Crippen LogP contribution in [0.15, 0.2) is 41.3 Å². The van der Waals surface area contributed by atoms with Gasteiger partial charge in [0, 0.05) is 10.7 Å². The molecule has 0 aliphatic heterocycles. The van der Waals surface area contributed by atoms with Crippen molar-refractivity contribution in [2.45, 2.75) is 27.0 Å². The highest BCUT2D eigenvalue weighted by atomic mass is 35.5. The van der Waals surface area contributed by atoms with Crippen molar-refractivity contribution < 1.29 is 14.2 Å². The normalized spacial score (nSPS) is 10.8. The fourth-order valence-corrected chi connectivity index (χ4v) is 3.30. The van der Waals surface area contributed by atoms with Crippen LogP contribution in [0.2, 0.25) is 5.02 Å². The monoisotopic (exact) mass is 417 g/mol. The smallest absolute Gasteiger partial charge is 0.316 e. The number of benzene rings is 2. The predicted octanol–water partition coefficient (Wildman–Crippen LogP) is 3.95. The molecule has 0 unspecified atom stereocenters. The number of aliphatic hydroxyl groups is 1. The summed E-state index contributed by atoms with van der Waals surface area (Å²) in [6.45, 7) is 3.93. The largest absolute Gasteiger partial charge is 0.490 e. The third-order valence-electron chi connectivity index (χ3n) is 4.56. The van der Waals surface area contributed by atoms with Gasteiger partial charge in [-0.05, 0) is 60.4 Å². The number of nitrogens with one attached hydrogen (secondary N) is 1. The molecule has 0 atom stereocenters. The van der Waals surface area contributed by atoms with Crippen LogP contribution in [0.5, 0.6) is 5.75 Å². The Morgan fingerprint density at radius 3 is 2.62 bits per heavy atom. The molecule has 0 spiro atoms. The highest BCUT2D eigenvalue weighted by molar-refractivity contribution is 6.30. The van der Waals surface area contributed by atoms with Gasteiger partial charge in [-0.2, -0.15) is 4.98 Å². The van der Waals surface area contributed by atoms with Crippen LogP contribution in [-0.2, 0) is 13.2 Å². The molecule has 1 heterocycles. The molecule has 3 rings (SSSR count). The molecule has 1 aromatic heterocycles. The fourth-order valence-electron chi connectivity index (χ4n) is 3.06. The molecule has 3 aromatic rings. The molecule has 8 heteroatoms. The second-order valence-corrected chi connectivity index (χ2v) is 7.16. The standard InChI is InChI=1S/C21H21ClFN3O3/c1-12-4-13(2)18(7-15(12)11-27)24-21-25-20(28)19(29-3)10-26(21)9-14-5-16(22)8-17(23)6-14/h4-8,10,27H,9,11H2,1-3H3,(H,24,25,28). The van der Waals surface area contributed by atoms with E-state index in [1.807, 2.05) is 26.0 Å². The first-order valence-electron chi connectivity index (χ1n) is 8.89. The van der Waals surface area contributed by atoms with E-state index in [0.717, 1.165) is 16.7 Å². The van der Waals surface area contributed by atoms with Gasteiger partial charge in [-0.15, -0.1) is 0 Å². The topological polar surface area (TPSA) is 76.4 Å². The van der Waals surface area contributed by atoms with Gasteiger partial charge >= 0.3 is 5.56 Å². The molecule has 29 heavy (non-hydrogen) atoms. The van der Waals surface area contributed by atoms with Crippen molar-refractivity contribution in [1.82, 2.24) is 9.55 Å². The van der Waals surface area contributed by atoms with Crippen LogP contribution >= 0.6 is 11.6 Å². The van der Waals surface area contributed by atoms with Crippen LogP contribution in [0.4, 0.5) is 16.0 Å². The number of hydrogen-bond donors (Lipinski definition) is 2. The van der Waals surface area contributed by atoms with Crippen molar-refractivity contribution in [2.24, 2.45) is 0 Å². The van der Waals surface area contributed by atoms with E-state index in [1.165, 1.54) is 25.4 Å². The lowest BCUT2D eigenvalue weighted by atomic mass is 10.0. The van der Waals surface area contributed by atoms with Gasteiger partial charge in [0.2, 0.25) is 11.7 Å². The highest BCUT2D eigenvalue weighted by Gasteiger charge is 2.13. The average Bonchev–Trinajstić information content (AvgIpc) is 2.65. The van der Waals surface area contributed by atoms with E-state index in [9.17, 15) is 14.3 Å². The first-order valence-corrected chi connectivity index (χ1v) is 9.27. The SMILES string of the molecule is COc1cn(Cc2cc(F)cc(Cl)c2)c(Nc2cc(CO)c(C)cc2C)nc1=O. The summed E-state index contributed by atoms with van der Waals surface area (Å²) in [7, 11) is 1.38. The number of halogens is 2. The minimum Gasteiger partial charge on any atom is -0.490 e. The third kappa shape index (κ3) is 4.75. The molecular weight excluding hydrogens is 397 g/mol. The lowest BCUT2D eigenvalue weighted by molar-refractivity contribution is 0.281. The van der Waals surface area contributed by atoms with Crippen molar-refractivity contribution in [3.8, 4) is 5.75 Å². The minimum atomic E-state index is -0.532. The quantitative estimate of drug-likeness (QED) is 0.635. The molecule has 0 radical (unpaired) electrons. The van der Waals surface area contributed by atoms with Gasteiger partial charge in [-0.25, -0.2) is 4.39 Å². The van der Waals surface area contributed by atoms with E-state index in [2.05, 4.69) is 10.3 Å². The Balaban J connectivity index is 2.06. The van der Waals surface area contributed by atoms with E-state index < -0.39 is 11.4 Å². The van der Waals surface area contributed by atoms with Gasteiger partial charge in [0.15, 0.2) is 0 Å². The van der Waals surface area contributed by atoms with Gasteiger partial charge in [0.25, 0.3) is 0 Å².